The minimum absolute atomic E-state index is 0.374. The van der Waals surface area contributed by atoms with Gasteiger partial charge in [0.25, 0.3) is 0 Å². The molecule has 0 bridgehead atoms. The minimum atomic E-state index is -0.842. The van der Waals surface area contributed by atoms with E-state index in [1.165, 1.54) is 11.3 Å². The molecule has 2 fully saturated rings. The summed E-state index contributed by atoms with van der Waals surface area (Å²) >= 11 is 1.31. The molecular weight excluding hydrogens is 264 g/mol. The molecule has 1 aliphatic heterocycles. The van der Waals surface area contributed by atoms with Crippen molar-refractivity contribution in [3.05, 3.63) is 10.6 Å². The average molecular weight is 282 g/mol. The van der Waals surface area contributed by atoms with Gasteiger partial charge in [0.2, 0.25) is 0 Å². The maximum Gasteiger partial charge on any atom is 0.347 e. The van der Waals surface area contributed by atoms with Crippen LogP contribution in [0.1, 0.15) is 47.0 Å². The van der Waals surface area contributed by atoms with Crippen molar-refractivity contribution in [2.75, 3.05) is 25.2 Å². The molecule has 0 atom stereocenters. The zero-order valence-corrected chi connectivity index (χ0v) is 11.8. The lowest BCUT2D eigenvalue weighted by Gasteiger charge is -2.30. The molecule has 1 aliphatic carbocycles. The second kappa shape index (κ2) is 5.09. The molecule has 2 aliphatic rings. The van der Waals surface area contributed by atoms with E-state index >= 15 is 0 Å². The lowest BCUT2D eigenvalue weighted by Crippen LogP contribution is -2.36. The summed E-state index contributed by atoms with van der Waals surface area (Å²) in [5.74, 6) is -0.467. The van der Waals surface area contributed by atoms with E-state index in [2.05, 4.69) is 9.88 Å². The summed E-state index contributed by atoms with van der Waals surface area (Å²) in [7, 11) is 2.01. The number of aromatic nitrogens is 1. The van der Waals surface area contributed by atoms with E-state index in [9.17, 15) is 9.90 Å². The molecule has 1 aromatic rings. The van der Waals surface area contributed by atoms with Crippen molar-refractivity contribution in [2.24, 2.45) is 0 Å². The number of anilines is 1. The number of carboxylic acid groups (broad SMARTS) is 1. The molecule has 0 aromatic carbocycles. The van der Waals surface area contributed by atoms with E-state index in [1.807, 2.05) is 7.05 Å². The molecule has 6 heteroatoms. The third kappa shape index (κ3) is 2.60. The third-order valence-corrected chi connectivity index (χ3v) is 4.99. The Morgan fingerprint density at radius 2 is 2.05 bits per heavy atom. The molecule has 1 N–H and O–H groups in total. The minimum Gasteiger partial charge on any atom is -0.477 e. The van der Waals surface area contributed by atoms with Gasteiger partial charge in [0, 0.05) is 32.2 Å². The number of thiazole rings is 1. The second-order valence-electron chi connectivity index (χ2n) is 5.24. The lowest BCUT2D eigenvalue weighted by atomic mass is 10.1. The maximum absolute atomic E-state index is 11.3. The summed E-state index contributed by atoms with van der Waals surface area (Å²) in [5, 5.41) is 10.1. The Morgan fingerprint density at radius 1 is 1.37 bits per heavy atom. The van der Waals surface area contributed by atoms with E-state index in [-0.39, 0.29) is 0 Å². The lowest BCUT2D eigenvalue weighted by molar-refractivity contribution is 0.0700. The number of aromatic carboxylic acids is 1. The Balaban J connectivity index is 1.83. The summed E-state index contributed by atoms with van der Waals surface area (Å²) in [6.07, 6.45) is 4.11. The van der Waals surface area contributed by atoms with Crippen LogP contribution in [0.3, 0.4) is 0 Å². The standard InChI is InChI=1S/C13H18N2O3S/c1-15(9-4-6-18-7-5-9)13-14-10(8-2-3-8)11(19-13)12(16)17/h8-9H,2-7H2,1H3,(H,16,17). The second-order valence-corrected chi connectivity index (χ2v) is 6.22. The van der Waals surface area contributed by atoms with Gasteiger partial charge in [-0.25, -0.2) is 9.78 Å². The highest BCUT2D eigenvalue weighted by Crippen LogP contribution is 2.44. The van der Waals surface area contributed by atoms with Crippen LogP contribution in [0.4, 0.5) is 5.13 Å². The average Bonchev–Trinajstić information content (AvgIpc) is 3.17. The topological polar surface area (TPSA) is 62.7 Å². The van der Waals surface area contributed by atoms with Gasteiger partial charge >= 0.3 is 5.97 Å². The van der Waals surface area contributed by atoms with Gasteiger partial charge in [-0.3, -0.25) is 0 Å². The van der Waals surface area contributed by atoms with Gasteiger partial charge < -0.3 is 14.7 Å². The van der Waals surface area contributed by atoms with E-state index in [1.54, 1.807) is 0 Å². The number of carboxylic acids is 1. The molecule has 1 saturated carbocycles. The van der Waals surface area contributed by atoms with Crippen LogP contribution in [0.25, 0.3) is 0 Å². The molecule has 1 saturated heterocycles. The largest absolute Gasteiger partial charge is 0.477 e. The highest BCUT2D eigenvalue weighted by atomic mass is 32.1. The SMILES string of the molecule is CN(c1nc(C2CC2)c(C(=O)O)s1)C1CCOCC1. The number of rotatable bonds is 4. The first kappa shape index (κ1) is 12.9. The van der Waals surface area contributed by atoms with Gasteiger partial charge in [-0.15, -0.1) is 0 Å². The predicted molar refractivity (Wildman–Crippen MR) is 73.3 cm³/mol. The first-order valence-corrected chi connectivity index (χ1v) is 7.53. The Bertz CT molecular complexity index is 478. The fourth-order valence-electron chi connectivity index (χ4n) is 2.49. The van der Waals surface area contributed by atoms with Gasteiger partial charge in [0.05, 0.1) is 5.69 Å². The summed E-state index contributed by atoms with van der Waals surface area (Å²) in [5.41, 5.74) is 0.798. The molecule has 19 heavy (non-hydrogen) atoms. The number of ether oxygens (including phenoxy) is 1. The van der Waals surface area contributed by atoms with Crippen molar-refractivity contribution in [3.8, 4) is 0 Å². The van der Waals surface area contributed by atoms with Crippen molar-refractivity contribution in [1.29, 1.82) is 0 Å². The van der Waals surface area contributed by atoms with Crippen molar-refractivity contribution < 1.29 is 14.6 Å². The fourth-order valence-corrected chi connectivity index (χ4v) is 3.51. The fraction of sp³-hybridized carbons (Fsp3) is 0.692. The van der Waals surface area contributed by atoms with E-state index in [0.717, 1.165) is 49.7 Å². The highest BCUT2D eigenvalue weighted by Gasteiger charge is 2.33. The van der Waals surface area contributed by atoms with E-state index < -0.39 is 5.97 Å². The zero-order chi connectivity index (χ0) is 13.4. The van der Waals surface area contributed by atoms with Crippen molar-refractivity contribution in [2.45, 2.75) is 37.6 Å². The van der Waals surface area contributed by atoms with Crippen LogP contribution in [-0.4, -0.2) is 42.4 Å². The monoisotopic (exact) mass is 282 g/mol. The summed E-state index contributed by atoms with van der Waals surface area (Å²) in [6, 6.07) is 0.411. The van der Waals surface area contributed by atoms with Crippen molar-refractivity contribution in [3.63, 3.8) is 0 Å². The third-order valence-electron chi connectivity index (χ3n) is 3.84. The molecule has 3 rings (SSSR count). The van der Waals surface area contributed by atoms with Crippen molar-refractivity contribution >= 4 is 22.4 Å². The number of nitrogens with zero attached hydrogens (tertiary/aromatic N) is 2. The predicted octanol–water partition coefficient (Wildman–Crippen LogP) is 2.33. The van der Waals surface area contributed by atoms with E-state index in [4.69, 9.17) is 4.74 Å². The molecule has 104 valence electrons. The quantitative estimate of drug-likeness (QED) is 0.918. The van der Waals surface area contributed by atoms with Gasteiger partial charge in [0.1, 0.15) is 4.88 Å². The maximum atomic E-state index is 11.3. The Morgan fingerprint density at radius 3 is 2.63 bits per heavy atom. The number of hydrogen-bond donors (Lipinski definition) is 1. The number of hydrogen-bond acceptors (Lipinski definition) is 5. The molecule has 0 radical (unpaired) electrons. The Labute approximate surface area is 116 Å². The van der Waals surface area contributed by atoms with Gasteiger partial charge in [-0.05, 0) is 25.7 Å². The molecule has 2 heterocycles. The summed E-state index contributed by atoms with van der Waals surface area (Å²) in [4.78, 5) is 18.4. The molecule has 0 amide bonds. The van der Waals surface area contributed by atoms with Gasteiger partial charge in [0.15, 0.2) is 5.13 Å². The van der Waals surface area contributed by atoms with Crippen molar-refractivity contribution in [1.82, 2.24) is 4.98 Å². The number of carbonyl (C=O) groups is 1. The first-order valence-electron chi connectivity index (χ1n) is 6.71. The van der Waals surface area contributed by atoms with Crippen LogP contribution in [-0.2, 0) is 4.74 Å². The molecule has 0 unspecified atom stereocenters. The Hall–Kier alpha value is -1.14. The zero-order valence-electron chi connectivity index (χ0n) is 11.0. The van der Waals surface area contributed by atoms with Crippen LogP contribution in [0.5, 0.6) is 0 Å². The van der Waals surface area contributed by atoms with Crippen LogP contribution in [0.2, 0.25) is 0 Å². The smallest absolute Gasteiger partial charge is 0.347 e. The normalized spacial score (nSPS) is 20.5. The summed E-state index contributed by atoms with van der Waals surface area (Å²) < 4.78 is 5.36. The first-order chi connectivity index (χ1) is 9.16. The van der Waals surface area contributed by atoms with Gasteiger partial charge in [-0.1, -0.05) is 11.3 Å². The van der Waals surface area contributed by atoms with Crippen LogP contribution >= 0.6 is 11.3 Å². The molecule has 5 nitrogen and oxygen atoms in total. The van der Waals surface area contributed by atoms with Crippen LogP contribution < -0.4 is 4.90 Å². The van der Waals surface area contributed by atoms with Crippen LogP contribution in [0.15, 0.2) is 0 Å². The molecule has 0 spiro atoms. The van der Waals surface area contributed by atoms with E-state index in [0.29, 0.717) is 16.8 Å². The highest BCUT2D eigenvalue weighted by molar-refractivity contribution is 7.17. The van der Waals surface area contributed by atoms with Gasteiger partial charge in [-0.2, -0.15) is 0 Å². The summed E-state index contributed by atoms with van der Waals surface area (Å²) in [6.45, 7) is 1.56. The van der Waals surface area contributed by atoms with Crippen LogP contribution in [0, 0.1) is 0 Å². The Kier molecular flexibility index (Phi) is 3.45. The molecule has 1 aromatic heterocycles. The molecular formula is C13H18N2O3S.